The highest BCUT2D eigenvalue weighted by Crippen LogP contribution is 2.68. The molecular weight excluding hydrogens is 839 g/mol. The first-order chi connectivity index (χ1) is 41.3. The van der Waals surface area contributed by atoms with Gasteiger partial charge in [-0.05, 0) is 127 Å². The summed E-state index contributed by atoms with van der Waals surface area (Å²) in [7, 11) is 0. The van der Waals surface area contributed by atoms with Gasteiger partial charge in [-0.25, -0.2) is 4.90 Å². The summed E-state index contributed by atoms with van der Waals surface area (Å²) in [5.41, 5.74) is -2.16. The SMILES string of the molecule is [2H]c1c([2H])c(C([2H])([2H])[2H])c([2H])c([2H])c1-c1cc[n+]2c(c1)-c1cc(C(C)(C)C)cc3c1C21Oc2c(cc(C(C)(C)C([2H])([2H])[2H])cc2C(C([2H])([2H])[2H])(C([2H])([2H])[2H])C([2H])([2H])[2H])C2N(c4ccc(-c5cc(C(C)(C)C)cc(C(C)(C)C)c5)cc4C([2H])([2H])[2H])c4cccc-3c4N21. The van der Waals surface area contributed by atoms with Gasteiger partial charge in [0.1, 0.15) is 17.5 Å². The van der Waals surface area contributed by atoms with Gasteiger partial charge in [0.2, 0.25) is 5.69 Å². The van der Waals surface area contributed by atoms with Crippen molar-refractivity contribution in [3.05, 3.63) is 171 Å². The van der Waals surface area contributed by atoms with Crippen LogP contribution in [0.1, 0.15) is 190 Å². The predicted octanol–water partition coefficient (Wildman–Crippen LogP) is 16.8. The number of nitrogens with zero attached hydrogens (tertiary/aromatic N) is 3. The molecule has 0 N–H and O–H groups in total. The van der Waals surface area contributed by atoms with Crippen molar-refractivity contribution in [3.63, 3.8) is 0 Å². The van der Waals surface area contributed by atoms with Crippen molar-refractivity contribution in [2.24, 2.45) is 0 Å². The Morgan fingerprint density at radius 3 is 1.87 bits per heavy atom. The lowest BCUT2D eigenvalue weighted by Crippen LogP contribution is -2.71. The van der Waals surface area contributed by atoms with Crippen molar-refractivity contribution in [2.75, 3.05) is 9.80 Å². The van der Waals surface area contributed by atoms with Gasteiger partial charge in [-0.1, -0.05) is 176 Å². The van der Waals surface area contributed by atoms with Crippen molar-refractivity contribution in [1.29, 1.82) is 0 Å². The van der Waals surface area contributed by atoms with E-state index in [1.807, 2.05) is 62.1 Å². The molecule has 11 rings (SSSR count). The van der Waals surface area contributed by atoms with E-state index in [-0.39, 0.29) is 50.0 Å². The Hall–Kier alpha value is -6.13. The molecule has 0 saturated carbocycles. The average molecular weight is 933 g/mol. The minimum Gasteiger partial charge on any atom is -0.410 e. The Bertz CT molecular complexity index is 4140. The molecule has 2 unspecified atom stereocenters. The smallest absolute Gasteiger partial charge is 0.410 e. The van der Waals surface area contributed by atoms with Crippen LogP contribution < -0.4 is 19.1 Å². The lowest BCUT2D eigenvalue weighted by Gasteiger charge is -2.49. The zero-order valence-electron chi connectivity index (χ0n) is 63.1. The first-order valence-electron chi connectivity index (χ1n) is 34.5. The number of para-hydroxylation sites is 1. The van der Waals surface area contributed by atoms with Crippen LogP contribution in [-0.4, -0.2) is 0 Å². The second kappa shape index (κ2) is 14.5. The Balaban J connectivity index is 1.35. The molecule has 4 nitrogen and oxygen atoms in total. The van der Waals surface area contributed by atoms with Crippen LogP contribution in [0.4, 0.5) is 17.1 Å². The number of aromatic nitrogens is 1. The monoisotopic (exact) mass is 933 g/mol. The van der Waals surface area contributed by atoms with Crippen molar-refractivity contribution < 1.29 is 39.5 Å². The van der Waals surface area contributed by atoms with Crippen molar-refractivity contribution in [3.8, 4) is 50.4 Å². The van der Waals surface area contributed by atoms with Gasteiger partial charge < -0.3 is 9.64 Å². The van der Waals surface area contributed by atoms with Crippen LogP contribution in [0.3, 0.4) is 0 Å². The van der Waals surface area contributed by atoms with Crippen LogP contribution >= 0.6 is 0 Å². The molecular formula is C65H72N3O+. The molecule has 352 valence electrons. The van der Waals surface area contributed by atoms with Crippen LogP contribution in [0.15, 0.2) is 121 Å². The first-order valence-corrected chi connectivity index (χ1v) is 23.5. The average Bonchev–Trinajstić information content (AvgIpc) is 1.54. The fourth-order valence-electron chi connectivity index (χ4n) is 10.7. The van der Waals surface area contributed by atoms with Gasteiger partial charge in [-0.3, -0.25) is 0 Å². The largest absolute Gasteiger partial charge is 0.432 e. The molecule has 4 aliphatic rings. The lowest BCUT2D eigenvalue weighted by atomic mass is 9.77. The van der Waals surface area contributed by atoms with Crippen LogP contribution in [0, 0.1) is 13.7 Å². The van der Waals surface area contributed by atoms with Crippen molar-refractivity contribution >= 4 is 17.1 Å². The van der Waals surface area contributed by atoms with Crippen molar-refractivity contribution in [2.45, 2.75) is 156 Å². The number of rotatable bonds is 3. The number of ether oxygens (including phenoxy) is 1. The van der Waals surface area contributed by atoms with Crippen LogP contribution in [0.2, 0.25) is 0 Å². The summed E-state index contributed by atoms with van der Waals surface area (Å²) < 4.78 is 209. The van der Waals surface area contributed by atoms with Gasteiger partial charge in [0.25, 0.3) is 0 Å². The van der Waals surface area contributed by atoms with E-state index in [0.717, 1.165) is 28.3 Å². The number of hydrogen-bond acceptors (Lipinski definition) is 3. The highest BCUT2D eigenvalue weighted by atomic mass is 16.5. The second-order valence-corrected chi connectivity index (χ2v) is 23.0. The molecule has 1 spiro atoms. The topological polar surface area (TPSA) is 19.6 Å². The van der Waals surface area contributed by atoms with E-state index in [2.05, 4.69) is 47.6 Å². The molecule has 0 aliphatic carbocycles. The van der Waals surface area contributed by atoms with Crippen molar-refractivity contribution in [1.82, 2.24) is 0 Å². The molecule has 1 aromatic heterocycles. The molecule has 0 bridgehead atoms. The van der Waals surface area contributed by atoms with E-state index in [9.17, 15) is 19.2 Å². The number of anilines is 3. The van der Waals surface area contributed by atoms with Gasteiger partial charge in [0.15, 0.2) is 6.20 Å². The summed E-state index contributed by atoms with van der Waals surface area (Å²) in [5, 5.41) is 0. The van der Waals surface area contributed by atoms with Gasteiger partial charge >= 0.3 is 5.85 Å². The Morgan fingerprint density at radius 1 is 0.565 bits per heavy atom. The summed E-state index contributed by atoms with van der Waals surface area (Å²) in [5.74, 6) is -2.76. The third-order valence-corrected chi connectivity index (χ3v) is 14.4. The highest BCUT2D eigenvalue weighted by molar-refractivity contribution is 6.02. The zero-order valence-corrected chi connectivity index (χ0v) is 41.1. The van der Waals surface area contributed by atoms with E-state index in [0.29, 0.717) is 39.2 Å². The summed E-state index contributed by atoms with van der Waals surface area (Å²) in [6.45, 7) is 0.591. The van der Waals surface area contributed by atoms with E-state index in [1.165, 1.54) is 32.2 Å². The van der Waals surface area contributed by atoms with E-state index >= 15 is 0 Å². The summed E-state index contributed by atoms with van der Waals surface area (Å²) >= 11 is 0. The summed E-state index contributed by atoms with van der Waals surface area (Å²) in [6, 6.07) is 23.3. The quantitative estimate of drug-likeness (QED) is 0.165. The van der Waals surface area contributed by atoms with Gasteiger partial charge in [-0.15, -0.1) is 4.57 Å². The first kappa shape index (κ1) is 26.7. The van der Waals surface area contributed by atoms with Gasteiger partial charge in [-0.2, -0.15) is 0 Å². The standard InChI is InChI=1S/C65H72N3O/c1-38-21-23-40(24-22-38)42-27-28-66-55(32-42)50-35-46(62(9,10)11)34-49-48-19-18-20-54-57(48)68-59(51-36-47(63(12,13)14)37-52(64(15,16)17)58(51)69-65(66,68)56(49)50)67(54)53-26-25-41(29-39(53)2)43-30-44(60(3,4)5)33-45(31-43)61(6,7)8/h18-37,59H,1-17H3/q+1/i1D3,2D3,12D3,15D3,16D3,17D3,21D,22D,23D,24D. The number of benzene rings is 6. The molecule has 0 fully saturated rings. The van der Waals surface area contributed by atoms with Gasteiger partial charge in [0.05, 0.1) is 22.4 Å². The summed E-state index contributed by atoms with van der Waals surface area (Å²) in [6.07, 6.45) is 0.0338. The maximum Gasteiger partial charge on any atom is 0.432 e. The highest BCUT2D eigenvalue weighted by Gasteiger charge is 2.70. The molecule has 0 amide bonds. The molecule has 69 heavy (non-hydrogen) atoms. The Kier molecular flexibility index (Phi) is 5.61. The molecule has 2 atom stereocenters. The maximum absolute atomic E-state index is 9.47. The van der Waals surface area contributed by atoms with Crippen LogP contribution in [0.5, 0.6) is 5.75 Å². The zero-order chi connectivity index (χ0) is 67.8. The molecule has 6 aromatic carbocycles. The predicted molar refractivity (Wildman–Crippen MR) is 289 cm³/mol. The number of pyridine rings is 1. The Morgan fingerprint density at radius 2 is 1.22 bits per heavy atom. The third-order valence-electron chi connectivity index (χ3n) is 14.4. The number of hydrogen-bond donors (Lipinski definition) is 0. The molecule has 0 radical (unpaired) electrons. The van der Waals surface area contributed by atoms with E-state index < -0.39 is 110 Å². The molecule has 7 aromatic rings. The molecule has 0 saturated heterocycles. The van der Waals surface area contributed by atoms with Crippen LogP contribution in [0.25, 0.3) is 44.6 Å². The molecule has 4 heteroatoms. The molecule has 4 aliphatic heterocycles. The van der Waals surface area contributed by atoms with E-state index in [1.54, 1.807) is 39.8 Å². The van der Waals surface area contributed by atoms with E-state index in [4.69, 9.17) is 15.7 Å². The van der Waals surface area contributed by atoms with Crippen LogP contribution in [-0.2, 0) is 32.9 Å². The second-order valence-electron chi connectivity index (χ2n) is 23.0. The normalized spacial score (nSPS) is 23.7. The fourth-order valence-corrected chi connectivity index (χ4v) is 10.7. The fraction of sp³-hybridized carbons (Fsp3) is 0.369. The third kappa shape index (κ3) is 6.78. The number of fused-ring (bicyclic) bond motifs is 5. The minimum atomic E-state index is -3.94. The maximum atomic E-state index is 9.47. The minimum absolute atomic E-state index is 0.0976. The number of aryl methyl sites for hydroxylation is 1. The lowest BCUT2D eigenvalue weighted by molar-refractivity contribution is -0.774. The molecule has 5 heterocycles. The summed E-state index contributed by atoms with van der Waals surface area (Å²) in [4.78, 5) is 3.58. The van der Waals surface area contributed by atoms with Gasteiger partial charge in [0, 0.05) is 64.7 Å². The Labute approximate surface area is 443 Å².